The van der Waals surface area contributed by atoms with Crippen LogP contribution in [0.4, 0.5) is 11.8 Å². The molecule has 0 saturated carbocycles. The van der Waals surface area contributed by atoms with Gasteiger partial charge in [-0.15, -0.1) is 0 Å². The molecule has 0 amide bonds. The van der Waals surface area contributed by atoms with Crippen molar-refractivity contribution in [3.8, 4) is 0 Å². The Balaban J connectivity index is 1.24. The number of likely N-dealkylation sites (tertiary alicyclic amines) is 1. The summed E-state index contributed by atoms with van der Waals surface area (Å²) < 4.78 is 0. The summed E-state index contributed by atoms with van der Waals surface area (Å²) in [6, 6.07) is 12.2. The normalized spacial score (nSPS) is 25.4. The van der Waals surface area contributed by atoms with Gasteiger partial charge in [-0.05, 0) is 68.7 Å². The Morgan fingerprint density at radius 2 is 1.65 bits per heavy atom. The average Bonchev–Trinajstić information content (AvgIpc) is 3.22. The highest BCUT2D eigenvalue weighted by atomic mass is 15.2. The fourth-order valence-corrected chi connectivity index (χ4v) is 5.69. The van der Waals surface area contributed by atoms with Crippen LogP contribution in [0.1, 0.15) is 62.5 Å². The Morgan fingerprint density at radius 3 is 2.52 bits per heavy atom. The van der Waals surface area contributed by atoms with Gasteiger partial charge in [0.15, 0.2) is 0 Å². The number of aryl methyl sites for hydroxylation is 1. The third kappa shape index (κ3) is 5.20. The highest BCUT2D eigenvalue weighted by Gasteiger charge is 2.28. The van der Waals surface area contributed by atoms with Crippen LogP contribution in [-0.2, 0) is 12.8 Å². The smallest absolute Gasteiger partial charge is 0.224 e. The summed E-state index contributed by atoms with van der Waals surface area (Å²) in [6.45, 7) is 4.57. The minimum atomic E-state index is 0.430. The fourth-order valence-electron chi connectivity index (χ4n) is 5.69. The topological polar surface area (TPSA) is 44.3 Å². The first-order chi connectivity index (χ1) is 15.3. The SMILES string of the molecule is c1ccc2c(c1)CCC(N1CCCCC(Nc3nccc(N4CCCCCC4)n3)C1)C2. The second-order valence-electron chi connectivity index (χ2n) is 9.64. The molecule has 2 aromatic rings. The number of anilines is 2. The van der Waals surface area contributed by atoms with Crippen LogP contribution in [0.5, 0.6) is 0 Å². The molecule has 5 nitrogen and oxygen atoms in total. The zero-order chi connectivity index (χ0) is 20.9. The van der Waals surface area contributed by atoms with E-state index in [1.807, 2.05) is 6.20 Å². The number of nitrogens with one attached hydrogen (secondary N) is 1. The lowest BCUT2D eigenvalue weighted by Crippen LogP contribution is -2.44. The third-order valence-electron chi connectivity index (χ3n) is 7.44. The Bertz CT molecular complexity index is 845. The predicted molar refractivity (Wildman–Crippen MR) is 128 cm³/mol. The van der Waals surface area contributed by atoms with Crippen LogP contribution < -0.4 is 10.2 Å². The predicted octanol–water partition coefficient (Wildman–Crippen LogP) is 4.68. The monoisotopic (exact) mass is 419 g/mol. The molecule has 1 aliphatic carbocycles. The standard InChI is InChI=1S/C26H37N5/c1-2-7-17-30(16-6-1)25-14-15-27-26(29-25)28-23-11-5-8-18-31(20-23)24-13-12-21-9-3-4-10-22(21)19-24/h3-4,9-10,14-15,23-24H,1-2,5-8,11-13,16-20H2,(H,27,28,29). The first-order valence-electron chi connectivity index (χ1n) is 12.5. The number of rotatable bonds is 4. The Labute approximate surface area is 187 Å². The van der Waals surface area contributed by atoms with Gasteiger partial charge in [0.05, 0.1) is 0 Å². The Morgan fingerprint density at radius 1 is 0.839 bits per heavy atom. The minimum Gasteiger partial charge on any atom is -0.356 e. The summed E-state index contributed by atoms with van der Waals surface area (Å²) in [5, 5.41) is 3.71. The molecule has 5 rings (SSSR count). The van der Waals surface area contributed by atoms with Crippen LogP contribution in [0.3, 0.4) is 0 Å². The van der Waals surface area contributed by atoms with Crippen LogP contribution in [0.2, 0.25) is 0 Å². The molecule has 3 heterocycles. The zero-order valence-corrected chi connectivity index (χ0v) is 18.8. The van der Waals surface area contributed by atoms with Gasteiger partial charge in [-0.25, -0.2) is 4.98 Å². The molecule has 1 N–H and O–H groups in total. The maximum Gasteiger partial charge on any atom is 0.224 e. The molecule has 2 fully saturated rings. The van der Waals surface area contributed by atoms with Crippen molar-refractivity contribution in [1.29, 1.82) is 0 Å². The molecule has 1 aromatic heterocycles. The zero-order valence-electron chi connectivity index (χ0n) is 18.8. The number of hydrogen-bond donors (Lipinski definition) is 1. The van der Waals surface area contributed by atoms with Gasteiger partial charge in [-0.1, -0.05) is 43.5 Å². The number of hydrogen-bond acceptors (Lipinski definition) is 5. The molecule has 2 saturated heterocycles. The van der Waals surface area contributed by atoms with E-state index in [0.717, 1.165) is 31.4 Å². The molecule has 5 heteroatoms. The van der Waals surface area contributed by atoms with Crippen molar-refractivity contribution in [3.05, 3.63) is 47.7 Å². The van der Waals surface area contributed by atoms with E-state index < -0.39 is 0 Å². The van der Waals surface area contributed by atoms with E-state index in [2.05, 4.69) is 50.4 Å². The summed E-state index contributed by atoms with van der Waals surface area (Å²) in [6.07, 6.45) is 14.6. The molecule has 0 radical (unpaired) electrons. The molecule has 2 atom stereocenters. The molecule has 3 aliphatic rings. The summed E-state index contributed by atoms with van der Waals surface area (Å²) in [5.74, 6) is 1.90. The van der Waals surface area contributed by atoms with E-state index in [1.165, 1.54) is 70.8 Å². The highest BCUT2D eigenvalue weighted by Crippen LogP contribution is 2.27. The van der Waals surface area contributed by atoms with Gasteiger partial charge < -0.3 is 10.2 Å². The molecule has 166 valence electrons. The molecule has 0 bridgehead atoms. The Kier molecular flexibility index (Phi) is 6.68. The van der Waals surface area contributed by atoms with E-state index in [1.54, 1.807) is 11.1 Å². The summed E-state index contributed by atoms with van der Waals surface area (Å²) >= 11 is 0. The first-order valence-corrected chi connectivity index (χ1v) is 12.5. The van der Waals surface area contributed by atoms with Crippen LogP contribution in [0.15, 0.2) is 36.5 Å². The quantitative estimate of drug-likeness (QED) is 0.779. The second kappa shape index (κ2) is 9.99. The van der Waals surface area contributed by atoms with Gasteiger partial charge in [-0.2, -0.15) is 4.98 Å². The molecular weight excluding hydrogens is 382 g/mol. The van der Waals surface area contributed by atoms with Crippen molar-refractivity contribution >= 4 is 11.8 Å². The fraction of sp³-hybridized carbons (Fsp3) is 0.615. The number of benzene rings is 1. The maximum absolute atomic E-state index is 4.92. The van der Waals surface area contributed by atoms with Crippen LogP contribution in [0.25, 0.3) is 0 Å². The number of aromatic nitrogens is 2. The van der Waals surface area contributed by atoms with Crippen molar-refractivity contribution in [1.82, 2.24) is 14.9 Å². The minimum absolute atomic E-state index is 0.430. The van der Waals surface area contributed by atoms with Gasteiger partial charge in [0.25, 0.3) is 0 Å². The molecular formula is C26H37N5. The van der Waals surface area contributed by atoms with Gasteiger partial charge in [0.2, 0.25) is 5.95 Å². The van der Waals surface area contributed by atoms with Crippen molar-refractivity contribution in [3.63, 3.8) is 0 Å². The molecule has 2 aliphatic heterocycles. The lowest BCUT2D eigenvalue weighted by molar-refractivity contribution is 0.182. The maximum atomic E-state index is 4.92. The van der Waals surface area contributed by atoms with Crippen LogP contribution in [0, 0.1) is 0 Å². The van der Waals surface area contributed by atoms with Gasteiger partial charge in [-0.3, -0.25) is 4.90 Å². The van der Waals surface area contributed by atoms with Crippen molar-refractivity contribution in [2.45, 2.75) is 76.3 Å². The van der Waals surface area contributed by atoms with E-state index >= 15 is 0 Å². The molecule has 31 heavy (non-hydrogen) atoms. The van der Waals surface area contributed by atoms with Gasteiger partial charge in [0, 0.05) is 37.9 Å². The van der Waals surface area contributed by atoms with E-state index in [-0.39, 0.29) is 0 Å². The molecule has 0 spiro atoms. The van der Waals surface area contributed by atoms with E-state index in [4.69, 9.17) is 4.98 Å². The Hall–Kier alpha value is -2.14. The summed E-state index contributed by atoms with van der Waals surface area (Å²) in [4.78, 5) is 14.7. The van der Waals surface area contributed by atoms with Gasteiger partial charge in [0.1, 0.15) is 5.82 Å². The van der Waals surface area contributed by atoms with Crippen LogP contribution in [-0.4, -0.2) is 53.1 Å². The largest absolute Gasteiger partial charge is 0.356 e. The van der Waals surface area contributed by atoms with Crippen molar-refractivity contribution < 1.29 is 0 Å². The lowest BCUT2D eigenvalue weighted by Gasteiger charge is -2.36. The summed E-state index contributed by atoms with van der Waals surface area (Å²) in [7, 11) is 0. The van der Waals surface area contributed by atoms with Crippen molar-refractivity contribution in [2.75, 3.05) is 36.4 Å². The highest BCUT2D eigenvalue weighted by molar-refractivity contribution is 5.43. The van der Waals surface area contributed by atoms with Crippen molar-refractivity contribution in [2.24, 2.45) is 0 Å². The summed E-state index contributed by atoms with van der Waals surface area (Å²) in [5.41, 5.74) is 3.11. The van der Waals surface area contributed by atoms with Gasteiger partial charge >= 0.3 is 0 Å². The van der Waals surface area contributed by atoms with Crippen LogP contribution >= 0.6 is 0 Å². The van der Waals surface area contributed by atoms with E-state index in [0.29, 0.717) is 12.1 Å². The second-order valence-corrected chi connectivity index (χ2v) is 9.64. The molecule has 2 unspecified atom stereocenters. The third-order valence-corrected chi connectivity index (χ3v) is 7.44. The lowest BCUT2D eigenvalue weighted by atomic mass is 9.87. The first kappa shape index (κ1) is 20.7. The molecule has 1 aromatic carbocycles. The van der Waals surface area contributed by atoms with E-state index in [9.17, 15) is 0 Å². The average molecular weight is 420 g/mol. The number of fused-ring (bicyclic) bond motifs is 1. The number of nitrogens with zero attached hydrogens (tertiary/aromatic N) is 4.